The van der Waals surface area contributed by atoms with Gasteiger partial charge in [-0.25, -0.2) is 4.79 Å². The smallest absolute Gasteiger partial charge is 0.326 e. The summed E-state index contributed by atoms with van der Waals surface area (Å²) in [6.45, 7) is 4.34. The van der Waals surface area contributed by atoms with Gasteiger partial charge in [0, 0.05) is 30.9 Å². The number of rotatable bonds is 9. The summed E-state index contributed by atoms with van der Waals surface area (Å²) < 4.78 is 0. The Kier molecular flexibility index (Phi) is 9.35. The first-order valence-electron chi connectivity index (χ1n) is 10.4. The lowest BCUT2D eigenvalue weighted by atomic mass is 9.83. The van der Waals surface area contributed by atoms with Crippen LogP contribution in [0, 0.1) is 11.8 Å². The number of carboxylic acids is 1. The molecule has 2 aliphatic rings. The summed E-state index contributed by atoms with van der Waals surface area (Å²) >= 11 is 1.46. The first-order valence-corrected chi connectivity index (χ1v) is 11.5. The number of nitrogens with two attached hydrogens (primary N) is 1. The Labute approximate surface area is 180 Å². The number of carboxylic acid groups (broad SMARTS) is 1. The first-order chi connectivity index (χ1) is 14.2. The Hall–Kier alpha value is -1.40. The zero-order valence-corrected chi connectivity index (χ0v) is 18.3. The number of carbonyl (C=O) groups is 3. The molecule has 2 aliphatic heterocycles. The Balaban J connectivity index is 1.77. The van der Waals surface area contributed by atoms with Gasteiger partial charge in [0.2, 0.25) is 11.8 Å². The molecular formula is C19H34N4O6S. The van der Waals surface area contributed by atoms with E-state index in [0.717, 1.165) is 0 Å². The molecule has 7 atom stereocenters. The third-order valence-corrected chi connectivity index (χ3v) is 7.24. The molecule has 0 bridgehead atoms. The van der Waals surface area contributed by atoms with E-state index < -0.39 is 42.0 Å². The second kappa shape index (κ2) is 11.3. The number of likely N-dealkylation sites (tertiary alicyclic amines) is 1. The second-order valence-electron chi connectivity index (χ2n) is 8.20. The zero-order valence-electron chi connectivity index (χ0n) is 17.5. The Bertz CT molecular complexity index is 624. The Morgan fingerprint density at radius 2 is 2.07 bits per heavy atom. The van der Waals surface area contributed by atoms with Gasteiger partial charge in [-0.3, -0.25) is 9.59 Å². The van der Waals surface area contributed by atoms with E-state index in [4.69, 9.17) is 5.73 Å². The van der Waals surface area contributed by atoms with Crippen LogP contribution in [0.5, 0.6) is 0 Å². The average Bonchev–Trinajstić information content (AvgIpc) is 3.20. The Morgan fingerprint density at radius 1 is 1.37 bits per heavy atom. The maximum atomic E-state index is 12.5. The van der Waals surface area contributed by atoms with Crippen molar-refractivity contribution in [1.82, 2.24) is 15.5 Å². The SMILES string of the molecule is CC(NC(=O)C(N)CSCC1CNC(C)C(O)C1CO)C(=O)N1CCCC1C(=O)O. The van der Waals surface area contributed by atoms with Crippen molar-refractivity contribution in [2.24, 2.45) is 17.6 Å². The van der Waals surface area contributed by atoms with Gasteiger partial charge in [-0.05, 0) is 44.9 Å². The van der Waals surface area contributed by atoms with Crippen LogP contribution in [0.1, 0.15) is 26.7 Å². The van der Waals surface area contributed by atoms with Gasteiger partial charge in [-0.2, -0.15) is 11.8 Å². The normalized spacial score (nSPS) is 31.2. The number of aliphatic hydroxyl groups is 2. The zero-order chi connectivity index (χ0) is 22.4. The van der Waals surface area contributed by atoms with Gasteiger partial charge in [-0.15, -0.1) is 0 Å². The third-order valence-electron chi connectivity index (χ3n) is 5.99. The molecule has 0 saturated carbocycles. The number of aliphatic carboxylic acids is 1. The van der Waals surface area contributed by atoms with Crippen LogP contribution < -0.4 is 16.4 Å². The molecule has 30 heavy (non-hydrogen) atoms. The fourth-order valence-corrected chi connectivity index (χ4v) is 5.25. The van der Waals surface area contributed by atoms with E-state index >= 15 is 0 Å². The minimum absolute atomic E-state index is 0.0603. The van der Waals surface area contributed by atoms with E-state index in [1.54, 1.807) is 0 Å². The van der Waals surface area contributed by atoms with Gasteiger partial charge in [-0.1, -0.05) is 0 Å². The summed E-state index contributed by atoms with van der Waals surface area (Å²) in [7, 11) is 0. The molecule has 2 heterocycles. The number of hydrogen-bond acceptors (Lipinski definition) is 8. The number of piperidine rings is 1. The largest absolute Gasteiger partial charge is 0.480 e. The molecule has 0 spiro atoms. The summed E-state index contributed by atoms with van der Waals surface area (Å²) in [5.74, 6) is -1.13. The van der Waals surface area contributed by atoms with Crippen molar-refractivity contribution in [3.05, 3.63) is 0 Å². The summed E-state index contributed by atoms with van der Waals surface area (Å²) in [5, 5.41) is 34.8. The Morgan fingerprint density at radius 3 is 2.70 bits per heavy atom. The highest BCUT2D eigenvalue weighted by molar-refractivity contribution is 7.99. The average molecular weight is 447 g/mol. The van der Waals surface area contributed by atoms with Gasteiger partial charge >= 0.3 is 5.97 Å². The number of hydrogen-bond donors (Lipinski definition) is 6. The second-order valence-corrected chi connectivity index (χ2v) is 9.27. The van der Waals surface area contributed by atoms with Crippen molar-refractivity contribution in [2.45, 2.75) is 57.0 Å². The standard InChI is InChI=1S/C19H34N4O6S/c1-10-16(25)13(7-24)12(6-21-10)8-30-9-14(20)17(26)22-11(2)18(27)23-5-3-4-15(23)19(28)29/h10-16,21,24-25H,3-9,20H2,1-2H3,(H,22,26)(H,28,29). The summed E-state index contributed by atoms with van der Waals surface area (Å²) in [5.41, 5.74) is 5.96. The predicted octanol–water partition coefficient (Wildman–Crippen LogP) is -1.80. The quantitative estimate of drug-likeness (QED) is 0.240. The molecule has 0 radical (unpaired) electrons. The molecule has 11 heteroatoms. The summed E-state index contributed by atoms with van der Waals surface area (Å²) in [4.78, 5) is 37.4. The predicted molar refractivity (Wildman–Crippen MR) is 113 cm³/mol. The van der Waals surface area contributed by atoms with Crippen molar-refractivity contribution >= 4 is 29.5 Å². The minimum atomic E-state index is -1.04. The number of carbonyl (C=O) groups excluding carboxylic acids is 2. The molecule has 2 rings (SSSR count). The van der Waals surface area contributed by atoms with Gasteiger partial charge in [0.1, 0.15) is 12.1 Å². The van der Waals surface area contributed by atoms with E-state index in [-0.39, 0.29) is 24.5 Å². The highest BCUT2D eigenvalue weighted by atomic mass is 32.2. The van der Waals surface area contributed by atoms with Crippen molar-refractivity contribution in [1.29, 1.82) is 0 Å². The van der Waals surface area contributed by atoms with Crippen LogP contribution in [0.4, 0.5) is 0 Å². The van der Waals surface area contributed by atoms with Gasteiger partial charge in [0.15, 0.2) is 0 Å². The number of aliphatic hydroxyl groups excluding tert-OH is 2. The minimum Gasteiger partial charge on any atom is -0.480 e. The van der Waals surface area contributed by atoms with Crippen molar-refractivity contribution in [3.63, 3.8) is 0 Å². The van der Waals surface area contributed by atoms with E-state index in [0.29, 0.717) is 37.4 Å². The van der Waals surface area contributed by atoms with Crippen LogP contribution >= 0.6 is 11.8 Å². The molecule has 7 N–H and O–H groups in total. The van der Waals surface area contributed by atoms with Gasteiger partial charge < -0.3 is 36.6 Å². The highest BCUT2D eigenvalue weighted by Crippen LogP contribution is 2.26. The number of thioether (sulfide) groups is 1. The van der Waals surface area contributed by atoms with Crippen molar-refractivity contribution in [3.8, 4) is 0 Å². The third kappa shape index (κ3) is 6.07. The molecule has 0 aromatic heterocycles. The van der Waals surface area contributed by atoms with Crippen LogP contribution in [0.2, 0.25) is 0 Å². The maximum Gasteiger partial charge on any atom is 0.326 e. The summed E-state index contributed by atoms with van der Waals surface area (Å²) in [6.07, 6.45) is 0.409. The van der Waals surface area contributed by atoms with Crippen molar-refractivity contribution in [2.75, 3.05) is 31.2 Å². The van der Waals surface area contributed by atoms with Crippen LogP contribution in [0.3, 0.4) is 0 Å². The van der Waals surface area contributed by atoms with E-state index in [1.807, 2.05) is 6.92 Å². The van der Waals surface area contributed by atoms with Crippen LogP contribution in [-0.2, 0) is 14.4 Å². The summed E-state index contributed by atoms with van der Waals surface area (Å²) in [6, 6.07) is -2.60. The van der Waals surface area contributed by atoms with Crippen LogP contribution in [0.25, 0.3) is 0 Å². The lowest BCUT2D eigenvalue weighted by molar-refractivity contribution is -0.149. The van der Waals surface area contributed by atoms with Gasteiger partial charge in [0.05, 0.1) is 12.1 Å². The lowest BCUT2D eigenvalue weighted by Crippen LogP contribution is -2.55. The molecule has 0 aromatic carbocycles. The topological polar surface area (TPSA) is 165 Å². The number of nitrogens with one attached hydrogen (secondary N) is 2. The van der Waals surface area contributed by atoms with Crippen molar-refractivity contribution < 1.29 is 29.7 Å². The van der Waals surface area contributed by atoms with E-state index in [2.05, 4.69) is 10.6 Å². The monoisotopic (exact) mass is 446 g/mol. The fourth-order valence-electron chi connectivity index (χ4n) is 4.04. The molecular weight excluding hydrogens is 412 g/mol. The van der Waals surface area contributed by atoms with Gasteiger partial charge in [0.25, 0.3) is 0 Å². The number of amides is 2. The maximum absolute atomic E-state index is 12.5. The molecule has 172 valence electrons. The molecule has 2 fully saturated rings. The first kappa shape index (κ1) is 24.9. The van der Waals surface area contributed by atoms with Crippen LogP contribution in [-0.4, -0.2) is 99.5 Å². The molecule has 0 aromatic rings. The van der Waals surface area contributed by atoms with Crippen LogP contribution in [0.15, 0.2) is 0 Å². The van der Waals surface area contributed by atoms with E-state index in [9.17, 15) is 29.7 Å². The number of nitrogens with zero attached hydrogens (tertiary/aromatic N) is 1. The molecule has 7 unspecified atom stereocenters. The highest BCUT2D eigenvalue weighted by Gasteiger charge is 2.37. The lowest BCUT2D eigenvalue weighted by Gasteiger charge is -2.39. The molecule has 2 amide bonds. The molecule has 10 nitrogen and oxygen atoms in total. The van der Waals surface area contributed by atoms with E-state index in [1.165, 1.54) is 23.6 Å². The fraction of sp³-hybridized carbons (Fsp3) is 0.842. The molecule has 2 saturated heterocycles. The molecule has 0 aliphatic carbocycles.